The van der Waals surface area contributed by atoms with Crippen LogP contribution in [0.4, 0.5) is 17.6 Å². The smallest absolute Gasteiger partial charge is 0.465 e. The maximum Gasteiger partial charge on any atom is 0.573 e. The Labute approximate surface area is 86.8 Å². The van der Waals surface area contributed by atoms with Gasteiger partial charge in [0, 0.05) is 6.07 Å². The van der Waals surface area contributed by atoms with Crippen LogP contribution in [-0.4, -0.2) is 24.4 Å². The first-order valence-electron chi connectivity index (χ1n) is 3.83. The van der Waals surface area contributed by atoms with Gasteiger partial charge < -0.3 is 9.47 Å². The number of esters is 1. The molecule has 16 heavy (non-hydrogen) atoms. The molecular weight excluding hydrogens is 234 g/mol. The van der Waals surface area contributed by atoms with E-state index in [1.54, 1.807) is 0 Å². The SMILES string of the molecule is COC(=O)c1cc(F)ncc1OC(F)(F)F. The van der Waals surface area contributed by atoms with Gasteiger partial charge in [0.2, 0.25) is 5.95 Å². The summed E-state index contributed by atoms with van der Waals surface area (Å²) < 4.78 is 55.9. The molecule has 0 aromatic carbocycles. The second-order valence-corrected chi connectivity index (χ2v) is 2.54. The molecule has 0 aliphatic heterocycles. The van der Waals surface area contributed by atoms with E-state index in [1.165, 1.54) is 0 Å². The molecule has 0 aliphatic carbocycles. The molecule has 8 heteroatoms. The summed E-state index contributed by atoms with van der Waals surface area (Å²) in [5.74, 6) is -3.18. The van der Waals surface area contributed by atoms with Crippen LogP contribution in [-0.2, 0) is 4.74 Å². The largest absolute Gasteiger partial charge is 0.573 e. The summed E-state index contributed by atoms with van der Waals surface area (Å²) in [7, 11) is 0.942. The predicted octanol–water partition coefficient (Wildman–Crippen LogP) is 1.91. The molecule has 0 radical (unpaired) electrons. The van der Waals surface area contributed by atoms with Crippen LogP contribution in [0.1, 0.15) is 10.4 Å². The van der Waals surface area contributed by atoms with Crippen molar-refractivity contribution in [3.05, 3.63) is 23.8 Å². The van der Waals surface area contributed by atoms with Gasteiger partial charge in [-0.3, -0.25) is 0 Å². The van der Waals surface area contributed by atoms with Crippen molar-refractivity contribution < 1.29 is 31.8 Å². The summed E-state index contributed by atoms with van der Waals surface area (Å²) in [5, 5.41) is 0. The normalized spacial score (nSPS) is 11.1. The van der Waals surface area contributed by atoms with Gasteiger partial charge in [-0.05, 0) is 0 Å². The molecule has 0 bridgehead atoms. The van der Waals surface area contributed by atoms with E-state index in [0.29, 0.717) is 12.3 Å². The molecule has 1 aromatic heterocycles. The number of methoxy groups -OCH3 is 1. The van der Waals surface area contributed by atoms with E-state index in [2.05, 4.69) is 14.5 Å². The van der Waals surface area contributed by atoms with Crippen LogP contribution < -0.4 is 4.74 Å². The molecule has 0 unspecified atom stereocenters. The van der Waals surface area contributed by atoms with Gasteiger partial charge in [-0.25, -0.2) is 9.78 Å². The number of ether oxygens (including phenoxy) is 2. The van der Waals surface area contributed by atoms with Crippen molar-refractivity contribution in [1.82, 2.24) is 4.98 Å². The molecule has 4 nitrogen and oxygen atoms in total. The van der Waals surface area contributed by atoms with Crippen molar-refractivity contribution in [2.45, 2.75) is 6.36 Å². The van der Waals surface area contributed by atoms with Crippen molar-refractivity contribution in [2.75, 3.05) is 7.11 Å². The number of rotatable bonds is 2. The Morgan fingerprint density at radius 3 is 2.56 bits per heavy atom. The molecule has 88 valence electrons. The van der Waals surface area contributed by atoms with Gasteiger partial charge >= 0.3 is 12.3 Å². The van der Waals surface area contributed by atoms with Crippen molar-refractivity contribution in [1.29, 1.82) is 0 Å². The maximum atomic E-state index is 12.6. The van der Waals surface area contributed by atoms with Crippen LogP contribution in [0.2, 0.25) is 0 Å². The molecule has 0 aliphatic rings. The molecule has 1 aromatic rings. The zero-order chi connectivity index (χ0) is 12.3. The first kappa shape index (κ1) is 12.2. The Morgan fingerprint density at radius 2 is 2.06 bits per heavy atom. The molecule has 1 heterocycles. The Kier molecular flexibility index (Phi) is 3.31. The summed E-state index contributed by atoms with van der Waals surface area (Å²) in [6, 6.07) is 0.493. The summed E-state index contributed by atoms with van der Waals surface area (Å²) in [4.78, 5) is 13.9. The highest BCUT2D eigenvalue weighted by Gasteiger charge is 2.33. The van der Waals surface area contributed by atoms with Crippen molar-refractivity contribution in [3.63, 3.8) is 0 Å². The summed E-state index contributed by atoms with van der Waals surface area (Å²) in [6.07, 6.45) is -4.54. The third kappa shape index (κ3) is 3.07. The zero-order valence-corrected chi connectivity index (χ0v) is 7.84. The lowest BCUT2D eigenvalue weighted by molar-refractivity contribution is -0.274. The highest BCUT2D eigenvalue weighted by molar-refractivity contribution is 5.92. The van der Waals surface area contributed by atoms with Crippen LogP contribution in [0, 0.1) is 5.95 Å². The molecule has 0 saturated carbocycles. The van der Waals surface area contributed by atoms with E-state index in [0.717, 1.165) is 7.11 Å². The quantitative estimate of drug-likeness (QED) is 0.449. The second kappa shape index (κ2) is 4.33. The van der Waals surface area contributed by atoms with Gasteiger partial charge in [-0.1, -0.05) is 0 Å². The lowest BCUT2D eigenvalue weighted by atomic mass is 10.2. The maximum absolute atomic E-state index is 12.6. The average Bonchev–Trinajstić information content (AvgIpc) is 2.17. The van der Waals surface area contributed by atoms with Gasteiger partial charge in [0.15, 0.2) is 5.75 Å². The molecule has 0 saturated heterocycles. The third-order valence-electron chi connectivity index (χ3n) is 1.47. The van der Waals surface area contributed by atoms with Crippen molar-refractivity contribution in [2.24, 2.45) is 0 Å². The first-order valence-corrected chi connectivity index (χ1v) is 3.83. The molecule has 0 spiro atoms. The van der Waals surface area contributed by atoms with E-state index in [-0.39, 0.29) is 0 Å². The standard InChI is InChI=1S/C8H5F4NO3/c1-15-7(14)4-2-6(9)13-3-5(4)16-8(10,11)12/h2-3H,1H3. The minimum absolute atomic E-state index is 0.453. The summed E-state index contributed by atoms with van der Waals surface area (Å²) in [6.45, 7) is 0. The number of carbonyl (C=O) groups is 1. The van der Waals surface area contributed by atoms with E-state index in [9.17, 15) is 22.4 Å². The first-order chi connectivity index (χ1) is 7.33. The lowest BCUT2D eigenvalue weighted by Gasteiger charge is -2.11. The molecule has 0 fully saturated rings. The average molecular weight is 239 g/mol. The molecule has 0 amide bonds. The van der Waals surface area contributed by atoms with Crippen LogP contribution in [0.3, 0.4) is 0 Å². The van der Waals surface area contributed by atoms with Crippen LogP contribution in [0.5, 0.6) is 5.75 Å². The number of hydrogen-bond donors (Lipinski definition) is 0. The number of hydrogen-bond acceptors (Lipinski definition) is 4. The van der Waals surface area contributed by atoms with Gasteiger partial charge in [0.1, 0.15) is 5.56 Å². The van der Waals surface area contributed by atoms with Gasteiger partial charge in [0.05, 0.1) is 13.3 Å². The molecular formula is C8H5F4NO3. The Hall–Kier alpha value is -1.86. The zero-order valence-electron chi connectivity index (χ0n) is 7.84. The summed E-state index contributed by atoms with van der Waals surface area (Å²) in [5.41, 5.74) is -0.688. The van der Waals surface area contributed by atoms with Crippen molar-refractivity contribution >= 4 is 5.97 Å². The van der Waals surface area contributed by atoms with Gasteiger partial charge in [-0.2, -0.15) is 4.39 Å². The number of pyridine rings is 1. The molecule has 1 rings (SSSR count). The van der Waals surface area contributed by atoms with E-state index >= 15 is 0 Å². The van der Waals surface area contributed by atoms with Crippen LogP contribution >= 0.6 is 0 Å². The minimum atomic E-state index is -5.00. The fourth-order valence-electron chi connectivity index (χ4n) is 0.893. The van der Waals surface area contributed by atoms with Gasteiger partial charge in [0.25, 0.3) is 0 Å². The Balaban J connectivity index is 3.13. The number of halogens is 4. The highest BCUT2D eigenvalue weighted by atomic mass is 19.4. The van der Waals surface area contributed by atoms with E-state index in [4.69, 9.17) is 0 Å². The van der Waals surface area contributed by atoms with E-state index < -0.39 is 29.6 Å². The van der Waals surface area contributed by atoms with Gasteiger partial charge in [-0.15, -0.1) is 13.2 Å². The Morgan fingerprint density at radius 1 is 1.44 bits per heavy atom. The fourth-order valence-corrected chi connectivity index (χ4v) is 0.893. The third-order valence-corrected chi connectivity index (χ3v) is 1.47. The summed E-state index contributed by atoms with van der Waals surface area (Å²) >= 11 is 0. The predicted molar refractivity (Wildman–Crippen MR) is 42.2 cm³/mol. The Bertz CT molecular complexity index is 405. The fraction of sp³-hybridized carbons (Fsp3) is 0.250. The number of alkyl halides is 3. The second-order valence-electron chi connectivity index (χ2n) is 2.54. The number of carbonyl (C=O) groups excluding carboxylic acids is 1. The molecule has 0 atom stereocenters. The number of aromatic nitrogens is 1. The van der Waals surface area contributed by atoms with Crippen molar-refractivity contribution in [3.8, 4) is 5.75 Å². The lowest BCUT2D eigenvalue weighted by Crippen LogP contribution is -2.19. The molecule has 0 N–H and O–H groups in total. The monoisotopic (exact) mass is 239 g/mol. The van der Waals surface area contributed by atoms with Crippen LogP contribution in [0.15, 0.2) is 12.3 Å². The highest BCUT2D eigenvalue weighted by Crippen LogP contribution is 2.26. The van der Waals surface area contributed by atoms with E-state index in [1.807, 2.05) is 0 Å². The minimum Gasteiger partial charge on any atom is -0.465 e. The number of nitrogens with zero attached hydrogens (tertiary/aromatic N) is 1. The van der Waals surface area contributed by atoms with Crippen LogP contribution in [0.25, 0.3) is 0 Å². The topological polar surface area (TPSA) is 48.4 Å².